The second kappa shape index (κ2) is 7.67. The molecule has 0 radical (unpaired) electrons. The van der Waals surface area contributed by atoms with Crippen LogP contribution in [0, 0.1) is 5.92 Å². The predicted molar refractivity (Wildman–Crippen MR) is 98.0 cm³/mol. The van der Waals surface area contributed by atoms with E-state index in [2.05, 4.69) is 0 Å². The molecule has 8 nitrogen and oxygen atoms in total. The third-order valence-electron chi connectivity index (χ3n) is 5.03. The van der Waals surface area contributed by atoms with Crippen molar-refractivity contribution in [2.24, 2.45) is 5.92 Å². The molecule has 6 N–H and O–H groups in total. The lowest BCUT2D eigenvalue weighted by Crippen LogP contribution is -2.76. The zero-order valence-corrected chi connectivity index (χ0v) is 15.2. The number of carboxylic acids is 1. The van der Waals surface area contributed by atoms with E-state index in [4.69, 9.17) is 21.4 Å². The number of ether oxygens (including phenoxy) is 1. The van der Waals surface area contributed by atoms with Crippen LogP contribution in [0.5, 0.6) is 5.75 Å². The summed E-state index contributed by atoms with van der Waals surface area (Å²) in [6, 6.07) is 10.7. The molecule has 0 aromatic heterocycles. The van der Waals surface area contributed by atoms with Crippen LogP contribution >= 0.6 is 11.6 Å². The van der Waals surface area contributed by atoms with E-state index in [1.54, 1.807) is 18.2 Å². The summed E-state index contributed by atoms with van der Waals surface area (Å²) >= 11 is 6.08. The molecule has 1 saturated carbocycles. The Labute approximate surface area is 164 Å². The van der Waals surface area contributed by atoms with Gasteiger partial charge in [0.05, 0.1) is 23.3 Å². The van der Waals surface area contributed by atoms with E-state index in [9.17, 15) is 30.3 Å². The van der Waals surface area contributed by atoms with E-state index in [1.807, 2.05) is 0 Å². The molecule has 150 valence electrons. The molecule has 1 aliphatic rings. The maximum absolute atomic E-state index is 11.0. The van der Waals surface area contributed by atoms with Gasteiger partial charge in [-0.1, -0.05) is 29.8 Å². The van der Waals surface area contributed by atoms with E-state index in [-0.39, 0.29) is 16.3 Å². The van der Waals surface area contributed by atoms with E-state index in [0.717, 1.165) is 0 Å². The zero-order valence-electron chi connectivity index (χ0n) is 14.4. The summed E-state index contributed by atoms with van der Waals surface area (Å²) in [6.07, 6.45) is -5.07. The number of aromatic carboxylic acids is 1. The highest BCUT2D eigenvalue weighted by molar-refractivity contribution is 6.32. The van der Waals surface area contributed by atoms with Gasteiger partial charge in [0, 0.05) is 5.92 Å². The number of aliphatic hydroxyl groups is 5. The minimum Gasteiger partial charge on any atom is -0.478 e. The van der Waals surface area contributed by atoms with Gasteiger partial charge >= 0.3 is 5.97 Å². The quantitative estimate of drug-likeness (QED) is 0.377. The highest BCUT2D eigenvalue weighted by Crippen LogP contribution is 2.43. The van der Waals surface area contributed by atoms with Crippen molar-refractivity contribution in [1.29, 1.82) is 0 Å². The standard InChI is InChI=1S/C19H19ClO8/c20-13-6-5-11(9-1-3-10(4-2-9)17(24)25)7-14(13)28-18(26)19(27)12(8-21)15(22)16(19)23/h1-7,12,15-16,18,21-23,26-27H,8H2,(H,24,25)/t12?,15-,16?,18-,19?/m1/s1. The van der Waals surface area contributed by atoms with Gasteiger partial charge in [0.2, 0.25) is 6.29 Å². The summed E-state index contributed by atoms with van der Waals surface area (Å²) < 4.78 is 5.32. The molecule has 0 bridgehead atoms. The average molecular weight is 411 g/mol. The molecule has 0 heterocycles. The molecule has 2 aromatic rings. The molecule has 5 atom stereocenters. The molecule has 0 amide bonds. The fourth-order valence-electron chi connectivity index (χ4n) is 3.24. The molecular formula is C19H19ClO8. The lowest BCUT2D eigenvalue weighted by atomic mass is 9.64. The van der Waals surface area contributed by atoms with Crippen LogP contribution in [-0.2, 0) is 0 Å². The van der Waals surface area contributed by atoms with Gasteiger partial charge in [-0.05, 0) is 35.4 Å². The van der Waals surface area contributed by atoms with Crippen molar-refractivity contribution in [3.05, 3.63) is 53.1 Å². The van der Waals surface area contributed by atoms with Gasteiger partial charge in [-0.2, -0.15) is 0 Å². The lowest BCUT2D eigenvalue weighted by Gasteiger charge is -2.53. The van der Waals surface area contributed by atoms with Crippen LogP contribution in [0.25, 0.3) is 11.1 Å². The number of halogens is 1. The number of benzene rings is 2. The van der Waals surface area contributed by atoms with Crippen molar-refractivity contribution in [3.8, 4) is 16.9 Å². The van der Waals surface area contributed by atoms with Crippen molar-refractivity contribution in [2.75, 3.05) is 6.61 Å². The molecule has 9 heteroatoms. The van der Waals surface area contributed by atoms with Gasteiger partial charge in [0.25, 0.3) is 0 Å². The third-order valence-corrected chi connectivity index (χ3v) is 5.34. The van der Waals surface area contributed by atoms with Gasteiger partial charge in [-0.25, -0.2) is 4.79 Å². The largest absolute Gasteiger partial charge is 0.478 e. The van der Waals surface area contributed by atoms with Crippen LogP contribution in [0.15, 0.2) is 42.5 Å². The van der Waals surface area contributed by atoms with E-state index in [1.165, 1.54) is 24.3 Å². The van der Waals surface area contributed by atoms with E-state index >= 15 is 0 Å². The topological polar surface area (TPSA) is 148 Å². The highest BCUT2D eigenvalue weighted by Gasteiger charge is 2.65. The van der Waals surface area contributed by atoms with Gasteiger partial charge in [-0.3, -0.25) is 0 Å². The first-order chi connectivity index (χ1) is 13.2. The summed E-state index contributed by atoms with van der Waals surface area (Å²) in [5.74, 6) is -2.25. The number of rotatable bonds is 6. The van der Waals surface area contributed by atoms with Gasteiger partial charge in [0.1, 0.15) is 11.9 Å². The Balaban J connectivity index is 1.85. The second-order valence-corrected chi connectivity index (χ2v) is 7.02. The van der Waals surface area contributed by atoms with Crippen LogP contribution in [0.1, 0.15) is 10.4 Å². The van der Waals surface area contributed by atoms with E-state index < -0.39 is 42.6 Å². The van der Waals surface area contributed by atoms with Crippen LogP contribution in [0.4, 0.5) is 0 Å². The van der Waals surface area contributed by atoms with Gasteiger partial charge in [0.15, 0.2) is 5.60 Å². The monoisotopic (exact) mass is 410 g/mol. The smallest absolute Gasteiger partial charge is 0.335 e. The molecule has 3 unspecified atom stereocenters. The number of aliphatic hydroxyl groups excluding tert-OH is 4. The van der Waals surface area contributed by atoms with Crippen molar-refractivity contribution < 1.29 is 40.2 Å². The highest BCUT2D eigenvalue weighted by atomic mass is 35.5. The number of hydrogen-bond donors (Lipinski definition) is 6. The molecule has 0 saturated heterocycles. The normalized spacial score (nSPS) is 27.7. The zero-order chi connectivity index (χ0) is 20.6. The molecule has 3 rings (SSSR count). The Morgan fingerprint density at radius 2 is 1.75 bits per heavy atom. The minimum absolute atomic E-state index is 0.00678. The molecule has 0 aliphatic heterocycles. The van der Waals surface area contributed by atoms with Crippen molar-refractivity contribution in [2.45, 2.75) is 24.1 Å². The predicted octanol–water partition coefficient (Wildman–Crippen LogP) is 0.477. The summed E-state index contributed by atoms with van der Waals surface area (Å²) in [6.45, 7) is -0.668. The Kier molecular flexibility index (Phi) is 5.62. The lowest BCUT2D eigenvalue weighted by molar-refractivity contribution is -0.332. The number of carbonyl (C=O) groups is 1. The van der Waals surface area contributed by atoms with E-state index in [0.29, 0.717) is 11.1 Å². The molecule has 0 spiro atoms. The SMILES string of the molecule is O=C(O)c1ccc(-c2ccc(Cl)c(O[C@@H](O)C3(O)C(O)[C@H](O)C3CO)c2)cc1. The average Bonchev–Trinajstić information content (AvgIpc) is 2.69. The fourth-order valence-corrected chi connectivity index (χ4v) is 3.41. The first-order valence-electron chi connectivity index (χ1n) is 8.37. The Morgan fingerprint density at radius 1 is 1.14 bits per heavy atom. The second-order valence-electron chi connectivity index (χ2n) is 6.61. The van der Waals surface area contributed by atoms with Crippen molar-refractivity contribution >= 4 is 17.6 Å². The Morgan fingerprint density at radius 3 is 2.32 bits per heavy atom. The molecule has 1 aliphatic carbocycles. The van der Waals surface area contributed by atoms with Crippen LogP contribution < -0.4 is 4.74 Å². The molecule has 1 fully saturated rings. The maximum atomic E-state index is 11.0. The first kappa shape index (κ1) is 20.5. The van der Waals surface area contributed by atoms with Crippen molar-refractivity contribution in [1.82, 2.24) is 0 Å². The maximum Gasteiger partial charge on any atom is 0.335 e. The number of hydrogen-bond acceptors (Lipinski definition) is 7. The van der Waals surface area contributed by atoms with Gasteiger partial charge < -0.3 is 35.4 Å². The summed E-state index contributed by atoms with van der Waals surface area (Å²) in [5.41, 5.74) is -0.883. The van der Waals surface area contributed by atoms with Crippen molar-refractivity contribution in [3.63, 3.8) is 0 Å². The fraction of sp³-hybridized carbons (Fsp3) is 0.316. The minimum atomic E-state index is -2.27. The van der Waals surface area contributed by atoms with Crippen LogP contribution in [-0.4, -0.2) is 67.3 Å². The Hall–Kier alpha value is -2.20. The van der Waals surface area contributed by atoms with Gasteiger partial charge in [-0.15, -0.1) is 0 Å². The summed E-state index contributed by atoms with van der Waals surface area (Å²) in [4.78, 5) is 11.0. The molecule has 28 heavy (non-hydrogen) atoms. The summed E-state index contributed by atoms with van der Waals surface area (Å²) in [7, 11) is 0. The van der Waals surface area contributed by atoms with Crippen LogP contribution in [0.3, 0.4) is 0 Å². The third kappa shape index (κ3) is 3.35. The first-order valence-corrected chi connectivity index (χ1v) is 8.75. The van der Waals surface area contributed by atoms with Crippen LogP contribution in [0.2, 0.25) is 5.02 Å². The number of carboxylic acid groups (broad SMARTS) is 1. The molecule has 2 aromatic carbocycles. The Bertz CT molecular complexity index is 871. The summed E-state index contributed by atoms with van der Waals surface area (Å²) in [5, 5.41) is 58.5. The molecular weight excluding hydrogens is 392 g/mol.